The van der Waals surface area contributed by atoms with Crippen molar-refractivity contribution >= 4 is 23.2 Å². The molecule has 1 spiro atoms. The average molecular weight is 413 g/mol. The lowest BCUT2D eigenvalue weighted by Crippen LogP contribution is -2.46. The minimum atomic E-state index is -0.344. The third-order valence-corrected chi connectivity index (χ3v) is 7.16. The van der Waals surface area contributed by atoms with Crippen LogP contribution in [0.1, 0.15) is 53.4 Å². The zero-order chi connectivity index (χ0) is 20.4. The third kappa shape index (κ3) is 4.54. The molecule has 0 radical (unpaired) electrons. The van der Waals surface area contributed by atoms with Crippen molar-refractivity contribution in [1.82, 2.24) is 9.80 Å². The Labute approximate surface area is 176 Å². The summed E-state index contributed by atoms with van der Waals surface area (Å²) in [5.41, 5.74) is 2.10. The van der Waals surface area contributed by atoms with Gasteiger partial charge in [0, 0.05) is 39.0 Å². The Morgan fingerprint density at radius 1 is 1.24 bits per heavy atom. The molecule has 5 nitrogen and oxygen atoms in total. The monoisotopic (exact) mass is 412 g/mol. The maximum atomic E-state index is 12.5. The number of carbonyl (C=O) groups is 2. The highest BCUT2D eigenvalue weighted by molar-refractivity contribution is 7.12. The predicted octanol–water partition coefficient (Wildman–Crippen LogP) is 4.54. The van der Waals surface area contributed by atoms with Gasteiger partial charge in [0.25, 0.3) is 0 Å². The summed E-state index contributed by atoms with van der Waals surface area (Å²) in [7, 11) is 0. The van der Waals surface area contributed by atoms with Crippen molar-refractivity contribution in [3.05, 3.63) is 57.8 Å². The number of benzene rings is 1. The molecule has 2 aliphatic rings. The number of hydrogen-bond donors (Lipinski definition) is 0. The van der Waals surface area contributed by atoms with Crippen molar-refractivity contribution in [2.45, 2.75) is 44.8 Å². The third-order valence-electron chi connectivity index (χ3n) is 6.08. The molecular formula is C23H28N2O3S. The summed E-state index contributed by atoms with van der Waals surface area (Å²) < 4.78 is 5.89. The molecule has 3 heterocycles. The smallest absolute Gasteiger partial charge is 0.410 e. The summed E-state index contributed by atoms with van der Waals surface area (Å²) in [5, 5.41) is 2.07. The summed E-state index contributed by atoms with van der Waals surface area (Å²) >= 11 is 1.52. The molecule has 2 aromatic rings. The number of carbonyl (C=O) groups excluding carboxylic acids is 2. The summed E-state index contributed by atoms with van der Waals surface area (Å²) in [6.07, 6.45) is 1.54. The lowest BCUT2D eigenvalue weighted by Gasteiger charge is -2.37. The van der Waals surface area contributed by atoms with Crippen LogP contribution < -0.4 is 0 Å². The number of amides is 1. The van der Waals surface area contributed by atoms with Gasteiger partial charge in [0.15, 0.2) is 5.78 Å². The van der Waals surface area contributed by atoms with Crippen molar-refractivity contribution in [1.29, 1.82) is 0 Å². The van der Waals surface area contributed by atoms with Gasteiger partial charge < -0.3 is 9.64 Å². The first kappa shape index (κ1) is 20.1. The van der Waals surface area contributed by atoms with Crippen LogP contribution in [0.15, 0.2) is 41.8 Å². The van der Waals surface area contributed by atoms with E-state index in [0.717, 1.165) is 37.4 Å². The van der Waals surface area contributed by atoms with Crippen LogP contribution in [0.4, 0.5) is 4.79 Å². The summed E-state index contributed by atoms with van der Waals surface area (Å²) in [6, 6.07) is 12.3. The highest BCUT2D eigenvalue weighted by atomic mass is 32.1. The van der Waals surface area contributed by atoms with E-state index in [9.17, 15) is 9.59 Å². The first-order valence-corrected chi connectivity index (χ1v) is 11.2. The Balaban J connectivity index is 1.31. The molecule has 6 heteroatoms. The van der Waals surface area contributed by atoms with Gasteiger partial charge in [-0.25, -0.2) is 4.79 Å². The van der Waals surface area contributed by atoms with Crippen LogP contribution in [0.2, 0.25) is 0 Å². The molecule has 0 aliphatic carbocycles. The zero-order valence-corrected chi connectivity index (χ0v) is 17.9. The average Bonchev–Trinajstić information content (AvgIpc) is 3.30. The zero-order valence-electron chi connectivity index (χ0n) is 17.1. The number of hydrogen-bond acceptors (Lipinski definition) is 5. The first-order chi connectivity index (χ1) is 13.9. The Morgan fingerprint density at radius 3 is 2.62 bits per heavy atom. The Hall–Kier alpha value is -2.18. The van der Waals surface area contributed by atoms with Crippen molar-refractivity contribution in [2.24, 2.45) is 0 Å². The molecule has 1 atom stereocenters. The van der Waals surface area contributed by atoms with Crippen LogP contribution in [0, 0.1) is 0 Å². The highest BCUT2D eigenvalue weighted by Crippen LogP contribution is 2.35. The van der Waals surface area contributed by atoms with Crippen LogP contribution in [-0.4, -0.2) is 53.5 Å². The fourth-order valence-corrected chi connectivity index (χ4v) is 5.14. The number of likely N-dealkylation sites (tertiary alicyclic amines) is 1. The fraction of sp³-hybridized carbons (Fsp3) is 0.478. The maximum absolute atomic E-state index is 12.5. The molecule has 1 unspecified atom stereocenters. The summed E-state index contributed by atoms with van der Waals surface area (Å²) in [5.74, 6) is 0.412. The Bertz CT molecular complexity index is 871. The second kappa shape index (κ2) is 8.28. The number of ether oxygens (including phenoxy) is 1. The van der Waals surface area contributed by atoms with Crippen LogP contribution in [0.3, 0.4) is 0 Å². The molecule has 1 aromatic heterocycles. The van der Waals surface area contributed by atoms with E-state index >= 15 is 0 Å². The summed E-state index contributed by atoms with van der Waals surface area (Å²) in [4.78, 5) is 29.1. The number of ketones is 1. The van der Waals surface area contributed by atoms with Gasteiger partial charge in [0.2, 0.25) is 0 Å². The lowest BCUT2D eigenvalue weighted by molar-refractivity contribution is -0.00122. The second-order valence-electron chi connectivity index (χ2n) is 8.39. The van der Waals surface area contributed by atoms with Gasteiger partial charge in [0.1, 0.15) is 5.60 Å². The van der Waals surface area contributed by atoms with Gasteiger partial charge >= 0.3 is 6.09 Å². The number of nitrogens with zero attached hydrogens (tertiary/aromatic N) is 2. The lowest BCUT2D eigenvalue weighted by atomic mass is 9.90. The molecule has 1 aromatic carbocycles. The van der Waals surface area contributed by atoms with Crippen LogP contribution in [0.5, 0.6) is 0 Å². The van der Waals surface area contributed by atoms with E-state index in [0.29, 0.717) is 13.1 Å². The van der Waals surface area contributed by atoms with Gasteiger partial charge in [-0.05, 0) is 35.4 Å². The Kier molecular flexibility index (Phi) is 5.74. The van der Waals surface area contributed by atoms with Crippen LogP contribution in [0.25, 0.3) is 0 Å². The van der Waals surface area contributed by atoms with Crippen molar-refractivity contribution in [2.75, 3.05) is 26.2 Å². The van der Waals surface area contributed by atoms with E-state index in [1.165, 1.54) is 22.5 Å². The predicted molar refractivity (Wildman–Crippen MR) is 114 cm³/mol. The SMILES string of the molecule is CC(=O)c1cc(CN2CCC3(CC2)CN(CC(C)c2ccccc2)C(=O)O3)cs1. The number of rotatable bonds is 6. The normalized spacial score (nSPS) is 20.1. The first-order valence-electron chi connectivity index (χ1n) is 10.3. The number of piperidine rings is 1. The van der Waals surface area contributed by atoms with Crippen molar-refractivity contribution < 1.29 is 14.3 Å². The molecule has 0 N–H and O–H groups in total. The van der Waals surface area contributed by atoms with Gasteiger partial charge in [-0.2, -0.15) is 0 Å². The molecule has 154 valence electrons. The van der Waals surface area contributed by atoms with Gasteiger partial charge in [0.05, 0.1) is 11.4 Å². The molecular weight excluding hydrogens is 384 g/mol. The topological polar surface area (TPSA) is 49.9 Å². The number of thiophene rings is 1. The maximum Gasteiger partial charge on any atom is 0.410 e. The van der Waals surface area contributed by atoms with E-state index in [-0.39, 0.29) is 23.4 Å². The molecule has 2 saturated heterocycles. The van der Waals surface area contributed by atoms with Crippen molar-refractivity contribution in [3.63, 3.8) is 0 Å². The molecule has 29 heavy (non-hydrogen) atoms. The molecule has 1 amide bonds. The van der Waals surface area contributed by atoms with Crippen LogP contribution in [-0.2, 0) is 11.3 Å². The molecule has 0 bridgehead atoms. The van der Waals surface area contributed by atoms with E-state index in [1.54, 1.807) is 6.92 Å². The van der Waals surface area contributed by atoms with Crippen LogP contribution >= 0.6 is 11.3 Å². The van der Waals surface area contributed by atoms with Gasteiger partial charge in [-0.3, -0.25) is 9.69 Å². The molecule has 0 saturated carbocycles. The summed E-state index contributed by atoms with van der Waals surface area (Å²) in [6.45, 7) is 7.80. The van der Waals surface area contributed by atoms with E-state index in [1.807, 2.05) is 29.2 Å². The highest BCUT2D eigenvalue weighted by Gasteiger charge is 2.47. The largest absolute Gasteiger partial charge is 0.441 e. The second-order valence-corrected chi connectivity index (χ2v) is 9.31. The standard InChI is InChI=1S/C23H28N2O3S/c1-17(20-6-4-3-5-7-20)13-25-16-23(28-22(25)27)8-10-24(11-9-23)14-19-12-21(18(2)26)29-15-19/h3-7,12,15,17H,8-11,13-14,16H2,1-2H3. The van der Waals surface area contributed by atoms with E-state index in [4.69, 9.17) is 4.74 Å². The minimum absolute atomic E-state index is 0.126. The van der Waals surface area contributed by atoms with Gasteiger partial charge in [-0.1, -0.05) is 37.3 Å². The van der Waals surface area contributed by atoms with Gasteiger partial charge in [-0.15, -0.1) is 11.3 Å². The van der Waals surface area contributed by atoms with E-state index in [2.05, 4.69) is 29.3 Å². The minimum Gasteiger partial charge on any atom is -0.441 e. The van der Waals surface area contributed by atoms with E-state index < -0.39 is 0 Å². The molecule has 4 rings (SSSR count). The molecule has 2 aliphatic heterocycles. The number of Topliss-reactive ketones (excluding diaryl/α,β-unsaturated/α-hetero) is 1. The van der Waals surface area contributed by atoms with Crippen molar-refractivity contribution in [3.8, 4) is 0 Å². The fourth-order valence-electron chi connectivity index (χ4n) is 4.33. The molecule has 2 fully saturated rings. The quantitative estimate of drug-likeness (QED) is 0.654. The Morgan fingerprint density at radius 2 is 1.97 bits per heavy atom.